The van der Waals surface area contributed by atoms with Gasteiger partial charge in [-0.1, -0.05) is 72.8 Å². The molecule has 0 aliphatic rings. The van der Waals surface area contributed by atoms with Gasteiger partial charge in [0.2, 0.25) is 0 Å². The summed E-state index contributed by atoms with van der Waals surface area (Å²) in [6.07, 6.45) is 9.04. The summed E-state index contributed by atoms with van der Waals surface area (Å²) in [5.74, 6) is 0. The Morgan fingerprint density at radius 2 is 1.38 bits per heavy atom. The normalized spacial score (nSPS) is 11.0. The highest BCUT2D eigenvalue weighted by Gasteiger charge is 1.92. The van der Waals surface area contributed by atoms with Gasteiger partial charge in [-0.25, -0.2) is 0 Å². The van der Waals surface area contributed by atoms with Crippen molar-refractivity contribution in [3.8, 4) is 0 Å². The Kier molecular flexibility index (Phi) is 7.36. The van der Waals surface area contributed by atoms with Crippen molar-refractivity contribution in [2.45, 2.75) is 32.3 Å². The Labute approximate surface area is 128 Å². The molecular formula is C20H24O. The molecule has 0 unspecified atom stereocenters. The second-order valence-electron chi connectivity index (χ2n) is 5.20. The lowest BCUT2D eigenvalue weighted by Gasteiger charge is -2.03. The Hall–Kier alpha value is -1.86. The van der Waals surface area contributed by atoms with E-state index in [-0.39, 0.29) is 0 Å². The zero-order valence-corrected chi connectivity index (χ0v) is 12.6. The lowest BCUT2D eigenvalue weighted by molar-refractivity contribution is 0.117. The second-order valence-corrected chi connectivity index (χ2v) is 5.20. The first kappa shape index (κ1) is 15.5. The van der Waals surface area contributed by atoms with Gasteiger partial charge in [0.1, 0.15) is 0 Å². The molecule has 2 rings (SSSR count). The summed E-state index contributed by atoms with van der Waals surface area (Å²) in [4.78, 5) is 0. The molecule has 0 atom stereocenters. The number of hydrogen-bond acceptors (Lipinski definition) is 1. The minimum atomic E-state index is 0.727. The molecule has 21 heavy (non-hydrogen) atoms. The van der Waals surface area contributed by atoms with Gasteiger partial charge in [0.05, 0.1) is 6.61 Å². The predicted octanol–water partition coefficient (Wildman–Crippen LogP) is 5.17. The van der Waals surface area contributed by atoms with Crippen molar-refractivity contribution in [2.24, 2.45) is 0 Å². The summed E-state index contributed by atoms with van der Waals surface area (Å²) in [5, 5.41) is 0. The van der Waals surface area contributed by atoms with Crippen LogP contribution in [0.25, 0.3) is 0 Å². The molecule has 1 heteroatoms. The molecule has 0 saturated heterocycles. The van der Waals surface area contributed by atoms with E-state index in [0.29, 0.717) is 0 Å². The first-order valence-corrected chi connectivity index (χ1v) is 7.76. The topological polar surface area (TPSA) is 9.23 Å². The Bertz CT molecular complexity index is 502. The zero-order chi connectivity index (χ0) is 14.6. The van der Waals surface area contributed by atoms with Crippen LogP contribution in [0.1, 0.15) is 30.4 Å². The maximum atomic E-state index is 5.67. The van der Waals surface area contributed by atoms with Crippen molar-refractivity contribution in [3.05, 3.63) is 83.9 Å². The van der Waals surface area contributed by atoms with Crippen LogP contribution in [0.5, 0.6) is 0 Å². The van der Waals surface area contributed by atoms with Gasteiger partial charge in [-0.05, 0) is 36.8 Å². The highest BCUT2D eigenvalue weighted by atomic mass is 16.5. The summed E-state index contributed by atoms with van der Waals surface area (Å²) in [5.41, 5.74) is 2.63. The largest absolute Gasteiger partial charge is 0.377 e. The number of rotatable bonds is 9. The monoisotopic (exact) mass is 280 g/mol. The molecule has 0 bridgehead atoms. The van der Waals surface area contributed by atoms with Crippen LogP contribution in [0.2, 0.25) is 0 Å². The molecule has 0 aromatic heterocycles. The molecule has 110 valence electrons. The van der Waals surface area contributed by atoms with Crippen LogP contribution in [0.3, 0.4) is 0 Å². The quantitative estimate of drug-likeness (QED) is 0.454. The molecule has 0 aliphatic carbocycles. The number of allylic oxidation sites excluding steroid dienone is 2. The van der Waals surface area contributed by atoms with Crippen LogP contribution in [0.15, 0.2) is 72.8 Å². The van der Waals surface area contributed by atoms with Gasteiger partial charge in [0.15, 0.2) is 0 Å². The molecule has 0 radical (unpaired) electrons. The minimum Gasteiger partial charge on any atom is -0.377 e. The fraction of sp³-hybridized carbons (Fsp3) is 0.300. The molecule has 0 fully saturated rings. The fourth-order valence-electron chi connectivity index (χ4n) is 2.18. The third kappa shape index (κ3) is 6.92. The maximum Gasteiger partial charge on any atom is 0.0716 e. The summed E-state index contributed by atoms with van der Waals surface area (Å²) < 4.78 is 5.67. The van der Waals surface area contributed by atoms with E-state index in [4.69, 9.17) is 4.74 Å². The molecule has 0 heterocycles. The van der Waals surface area contributed by atoms with Crippen molar-refractivity contribution in [1.29, 1.82) is 0 Å². The van der Waals surface area contributed by atoms with Gasteiger partial charge < -0.3 is 4.74 Å². The summed E-state index contributed by atoms with van der Waals surface area (Å²) in [6.45, 7) is 1.58. The van der Waals surface area contributed by atoms with Gasteiger partial charge in [-0.3, -0.25) is 0 Å². The van der Waals surface area contributed by atoms with Crippen LogP contribution < -0.4 is 0 Å². The van der Waals surface area contributed by atoms with Crippen LogP contribution in [-0.4, -0.2) is 6.61 Å². The average molecular weight is 280 g/mol. The zero-order valence-electron chi connectivity index (χ0n) is 12.6. The Morgan fingerprint density at radius 1 is 0.714 bits per heavy atom. The van der Waals surface area contributed by atoms with Crippen molar-refractivity contribution in [3.63, 3.8) is 0 Å². The van der Waals surface area contributed by atoms with Crippen molar-refractivity contribution >= 4 is 0 Å². The molecular weight excluding hydrogens is 256 g/mol. The maximum absolute atomic E-state index is 5.67. The molecule has 2 aromatic carbocycles. The fourth-order valence-corrected chi connectivity index (χ4v) is 2.18. The Morgan fingerprint density at radius 3 is 2.10 bits per heavy atom. The third-order valence-corrected chi connectivity index (χ3v) is 3.38. The lowest BCUT2D eigenvalue weighted by Crippen LogP contribution is -1.95. The van der Waals surface area contributed by atoms with E-state index in [1.807, 2.05) is 6.07 Å². The van der Waals surface area contributed by atoms with Crippen molar-refractivity contribution in [1.82, 2.24) is 0 Å². The van der Waals surface area contributed by atoms with Crippen LogP contribution in [0.4, 0.5) is 0 Å². The Balaban J connectivity index is 1.47. The lowest BCUT2D eigenvalue weighted by atomic mass is 10.1. The van der Waals surface area contributed by atoms with Gasteiger partial charge in [0.25, 0.3) is 0 Å². The number of ether oxygens (including phenoxy) is 1. The molecule has 0 amide bonds. The van der Waals surface area contributed by atoms with Crippen molar-refractivity contribution < 1.29 is 4.74 Å². The average Bonchev–Trinajstić information content (AvgIpc) is 2.55. The SMILES string of the molecule is C(=C\Cc1ccccc1)/CCCCOCc1ccccc1. The predicted molar refractivity (Wildman–Crippen MR) is 89.2 cm³/mol. The van der Waals surface area contributed by atoms with Crippen molar-refractivity contribution in [2.75, 3.05) is 6.61 Å². The minimum absolute atomic E-state index is 0.727. The van der Waals surface area contributed by atoms with Gasteiger partial charge >= 0.3 is 0 Å². The molecule has 0 N–H and O–H groups in total. The van der Waals surface area contributed by atoms with E-state index in [9.17, 15) is 0 Å². The van der Waals surface area contributed by atoms with Crippen LogP contribution >= 0.6 is 0 Å². The highest BCUT2D eigenvalue weighted by molar-refractivity contribution is 5.17. The number of unbranched alkanes of at least 4 members (excludes halogenated alkanes) is 2. The van der Waals surface area contributed by atoms with E-state index in [2.05, 4.69) is 66.7 Å². The number of hydrogen-bond donors (Lipinski definition) is 0. The first-order valence-electron chi connectivity index (χ1n) is 7.76. The third-order valence-electron chi connectivity index (χ3n) is 3.38. The molecule has 1 nitrogen and oxygen atoms in total. The molecule has 0 aliphatic heterocycles. The number of benzene rings is 2. The molecule has 0 spiro atoms. The van der Waals surface area contributed by atoms with Crippen LogP contribution in [0, 0.1) is 0 Å². The first-order chi connectivity index (χ1) is 10.4. The highest BCUT2D eigenvalue weighted by Crippen LogP contribution is 2.04. The summed E-state index contributed by atoms with van der Waals surface area (Å²) in [6, 6.07) is 20.9. The van der Waals surface area contributed by atoms with Gasteiger partial charge in [-0.15, -0.1) is 0 Å². The van der Waals surface area contributed by atoms with E-state index < -0.39 is 0 Å². The summed E-state index contributed by atoms with van der Waals surface area (Å²) >= 11 is 0. The van der Waals surface area contributed by atoms with Crippen LogP contribution in [-0.2, 0) is 17.8 Å². The van der Waals surface area contributed by atoms with E-state index in [0.717, 1.165) is 32.5 Å². The van der Waals surface area contributed by atoms with Gasteiger partial charge in [-0.2, -0.15) is 0 Å². The van der Waals surface area contributed by atoms with E-state index in [1.165, 1.54) is 17.5 Å². The standard InChI is InChI=1S/C20H24O/c1(2-6-12-19-13-7-4-8-14-19)3-11-17-21-18-20-15-9-5-10-16-20/h2,4-10,13-16H,1,3,11-12,17-18H2/b6-2+. The van der Waals surface area contributed by atoms with E-state index in [1.54, 1.807) is 0 Å². The molecule has 2 aromatic rings. The van der Waals surface area contributed by atoms with Gasteiger partial charge in [0, 0.05) is 6.61 Å². The molecule has 0 saturated carbocycles. The van der Waals surface area contributed by atoms with E-state index >= 15 is 0 Å². The smallest absolute Gasteiger partial charge is 0.0716 e. The second kappa shape index (κ2) is 9.95. The summed E-state index contributed by atoms with van der Waals surface area (Å²) in [7, 11) is 0.